The van der Waals surface area contributed by atoms with Crippen molar-refractivity contribution in [2.75, 3.05) is 14.2 Å². The average molecular weight is 266 g/mol. The minimum atomic E-state index is -0.921. The maximum Gasteiger partial charge on any atom is 0.325 e. The molecule has 0 saturated carbocycles. The minimum Gasteiger partial charge on any atom is -0.468 e. The second-order valence-electron chi connectivity index (χ2n) is 3.58. The maximum atomic E-state index is 10.4. The molecule has 0 radical (unpaired) electrons. The van der Waals surface area contributed by atoms with Gasteiger partial charge in [-0.3, -0.25) is 9.59 Å². The quantitative estimate of drug-likeness (QED) is 0.417. The molecule has 0 rings (SSSR count). The van der Waals surface area contributed by atoms with Gasteiger partial charge in [-0.1, -0.05) is 0 Å². The fourth-order valence-corrected chi connectivity index (χ4v) is 0.666. The Morgan fingerprint density at radius 2 is 1.11 bits per heavy atom. The molecule has 0 heterocycles. The molecule has 0 aromatic rings. The van der Waals surface area contributed by atoms with E-state index in [9.17, 15) is 9.59 Å². The molecule has 0 aliphatic carbocycles. The van der Waals surface area contributed by atoms with Crippen LogP contribution in [0.15, 0.2) is 0 Å². The van der Waals surface area contributed by atoms with Gasteiger partial charge in [0.15, 0.2) is 0 Å². The summed E-state index contributed by atoms with van der Waals surface area (Å²) in [6, 6.07) is -1.84. The Labute approximate surface area is 106 Å². The first kappa shape index (κ1) is 19.1. The molecule has 0 aliphatic rings. The fourth-order valence-electron chi connectivity index (χ4n) is 0.666. The van der Waals surface area contributed by atoms with E-state index in [0.29, 0.717) is 0 Å². The van der Waals surface area contributed by atoms with E-state index < -0.39 is 36.2 Å². The number of nitrogens with two attached hydrogens (primary N) is 2. The summed E-state index contributed by atoms with van der Waals surface area (Å²) in [6.07, 6.45) is -1.70. The minimum absolute atomic E-state index is 0.593. The molecule has 0 saturated heterocycles. The molecule has 8 heteroatoms. The largest absolute Gasteiger partial charge is 0.468 e. The predicted molar refractivity (Wildman–Crippen MR) is 63.3 cm³/mol. The van der Waals surface area contributed by atoms with Crippen LogP contribution in [0, 0.1) is 0 Å². The normalized spacial score (nSPS) is 16.4. The van der Waals surface area contributed by atoms with Crippen LogP contribution >= 0.6 is 0 Å². The smallest absolute Gasteiger partial charge is 0.325 e. The van der Waals surface area contributed by atoms with Crippen molar-refractivity contribution in [2.45, 2.75) is 38.1 Å². The highest BCUT2D eigenvalue weighted by Gasteiger charge is 2.18. The summed E-state index contributed by atoms with van der Waals surface area (Å²) < 4.78 is 8.50. The lowest BCUT2D eigenvalue weighted by Gasteiger charge is -2.10. The van der Waals surface area contributed by atoms with Crippen LogP contribution in [0.4, 0.5) is 0 Å². The molecular formula is C10H22N2O6. The van der Waals surface area contributed by atoms with Gasteiger partial charge < -0.3 is 31.2 Å². The van der Waals surface area contributed by atoms with E-state index in [4.69, 9.17) is 21.7 Å². The topological polar surface area (TPSA) is 145 Å². The molecule has 0 aromatic heterocycles. The zero-order chi connectivity index (χ0) is 14.9. The number of aliphatic hydroxyl groups excluding tert-OH is 2. The lowest BCUT2D eigenvalue weighted by molar-refractivity contribution is -0.145. The van der Waals surface area contributed by atoms with Crippen molar-refractivity contribution in [1.29, 1.82) is 0 Å². The number of methoxy groups -OCH3 is 2. The Morgan fingerprint density at radius 3 is 1.17 bits per heavy atom. The molecule has 0 aliphatic heterocycles. The van der Waals surface area contributed by atoms with Crippen molar-refractivity contribution in [2.24, 2.45) is 11.5 Å². The summed E-state index contributed by atoms with van der Waals surface area (Å²) in [5.41, 5.74) is 10.3. The molecular weight excluding hydrogens is 244 g/mol. The molecule has 18 heavy (non-hydrogen) atoms. The number of carbonyl (C=O) groups is 2. The van der Waals surface area contributed by atoms with Crippen molar-refractivity contribution in [3.05, 3.63) is 0 Å². The van der Waals surface area contributed by atoms with Crippen LogP contribution in [0.5, 0.6) is 0 Å². The molecule has 0 spiro atoms. The van der Waals surface area contributed by atoms with E-state index in [0.717, 1.165) is 0 Å². The van der Waals surface area contributed by atoms with Crippen LogP contribution in [0.1, 0.15) is 13.8 Å². The van der Waals surface area contributed by atoms with Gasteiger partial charge in [0.2, 0.25) is 0 Å². The van der Waals surface area contributed by atoms with Crippen molar-refractivity contribution in [1.82, 2.24) is 0 Å². The van der Waals surface area contributed by atoms with Crippen molar-refractivity contribution in [3.8, 4) is 0 Å². The summed E-state index contributed by atoms with van der Waals surface area (Å²) in [5, 5.41) is 17.4. The van der Waals surface area contributed by atoms with Crippen molar-refractivity contribution in [3.63, 3.8) is 0 Å². The van der Waals surface area contributed by atoms with E-state index in [1.54, 1.807) is 0 Å². The van der Waals surface area contributed by atoms with Gasteiger partial charge in [-0.15, -0.1) is 0 Å². The number of hydrogen-bond acceptors (Lipinski definition) is 8. The van der Waals surface area contributed by atoms with Crippen molar-refractivity contribution >= 4 is 11.9 Å². The lowest BCUT2D eigenvalue weighted by atomic mass is 10.2. The third kappa shape index (κ3) is 7.96. The van der Waals surface area contributed by atoms with Gasteiger partial charge in [0.1, 0.15) is 12.1 Å². The maximum absolute atomic E-state index is 10.4. The Hall–Kier alpha value is -1.22. The zero-order valence-corrected chi connectivity index (χ0v) is 11.0. The summed E-state index contributed by atoms with van der Waals surface area (Å²) in [4.78, 5) is 20.9. The van der Waals surface area contributed by atoms with Gasteiger partial charge >= 0.3 is 11.9 Å². The Kier molecular flexibility index (Phi) is 10.4. The lowest BCUT2D eigenvalue weighted by Crippen LogP contribution is -2.40. The highest BCUT2D eigenvalue weighted by Crippen LogP contribution is 1.90. The highest BCUT2D eigenvalue weighted by molar-refractivity contribution is 5.76. The van der Waals surface area contributed by atoms with Crippen LogP contribution in [0.25, 0.3) is 0 Å². The highest BCUT2D eigenvalue weighted by atomic mass is 16.5. The van der Waals surface area contributed by atoms with Crippen LogP contribution < -0.4 is 11.5 Å². The van der Waals surface area contributed by atoms with Crippen LogP contribution in [0.3, 0.4) is 0 Å². The number of aliphatic hydroxyl groups is 2. The van der Waals surface area contributed by atoms with Crippen LogP contribution in [-0.4, -0.2) is 60.7 Å². The van der Waals surface area contributed by atoms with E-state index in [2.05, 4.69) is 9.47 Å². The first-order valence-corrected chi connectivity index (χ1v) is 5.21. The Balaban J connectivity index is 0. The van der Waals surface area contributed by atoms with Crippen LogP contribution in [-0.2, 0) is 19.1 Å². The number of ether oxygens (including phenoxy) is 2. The van der Waals surface area contributed by atoms with E-state index in [1.807, 2.05) is 0 Å². The van der Waals surface area contributed by atoms with Gasteiger partial charge in [0.05, 0.1) is 26.4 Å². The summed E-state index contributed by atoms with van der Waals surface area (Å²) in [6.45, 7) is 2.86. The molecule has 0 fully saturated rings. The Morgan fingerprint density at radius 1 is 0.889 bits per heavy atom. The fraction of sp³-hybridized carbons (Fsp3) is 0.800. The van der Waals surface area contributed by atoms with Gasteiger partial charge in [-0.2, -0.15) is 0 Å². The number of esters is 2. The Bertz CT molecular complexity index is 231. The molecule has 4 atom stereocenters. The third-order valence-electron chi connectivity index (χ3n) is 1.99. The summed E-state index contributed by atoms with van der Waals surface area (Å²) >= 11 is 0. The molecule has 6 N–H and O–H groups in total. The number of carbonyl (C=O) groups excluding carboxylic acids is 2. The molecule has 0 aromatic carbocycles. The number of rotatable bonds is 4. The average Bonchev–Trinajstić information content (AvgIpc) is 2.35. The van der Waals surface area contributed by atoms with Crippen LogP contribution in [0.2, 0.25) is 0 Å². The van der Waals surface area contributed by atoms with Gasteiger partial charge in [-0.25, -0.2) is 0 Å². The first-order valence-electron chi connectivity index (χ1n) is 5.21. The van der Waals surface area contributed by atoms with Gasteiger partial charge in [0, 0.05) is 0 Å². The van der Waals surface area contributed by atoms with E-state index in [-0.39, 0.29) is 0 Å². The monoisotopic (exact) mass is 266 g/mol. The standard InChI is InChI=1S/2C5H11NO3/c2*1-3(7)4(6)5(8)9-2/h2*3-4,7H,6H2,1-2H3/t2*3?,4-/m00/s1. The SMILES string of the molecule is COC(=O)[C@@H](N)C(C)O.COC(=O)[C@@H](N)C(C)O. The zero-order valence-electron chi connectivity index (χ0n) is 11.0. The molecule has 0 amide bonds. The van der Waals surface area contributed by atoms with Crippen molar-refractivity contribution < 1.29 is 29.3 Å². The molecule has 2 unspecified atom stereocenters. The second-order valence-corrected chi connectivity index (χ2v) is 3.58. The third-order valence-corrected chi connectivity index (χ3v) is 1.99. The first-order chi connectivity index (χ1) is 8.18. The summed E-state index contributed by atoms with van der Waals surface area (Å²) in [5.74, 6) is -1.19. The summed E-state index contributed by atoms with van der Waals surface area (Å²) in [7, 11) is 2.45. The van der Waals surface area contributed by atoms with Gasteiger partial charge in [0.25, 0.3) is 0 Å². The van der Waals surface area contributed by atoms with E-state index in [1.165, 1.54) is 28.1 Å². The number of hydrogen-bond donors (Lipinski definition) is 4. The molecule has 108 valence electrons. The molecule has 8 nitrogen and oxygen atoms in total. The second kappa shape index (κ2) is 9.77. The van der Waals surface area contributed by atoms with E-state index >= 15 is 0 Å². The predicted octanol–water partition coefficient (Wildman–Crippen LogP) is -2.26. The van der Waals surface area contributed by atoms with Gasteiger partial charge in [-0.05, 0) is 13.8 Å². The molecule has 0 bridgehead atoms.